The van der Waals surface area contributed by atoms with Crippen molar-refractivity contribution in [1.29, 1.82) is 0 Å². The number of aryl methyl sites for hydroxylation is 2. The van der Waals surface area contributed by atoms with Crippen LogP contribution in [0.3, 0.4) is 0 Å². The lowest BCUT2D eigenvalue weighted by Gasteiger charge is -2.25. The summed E-state index contributed by atoms with van der Waals surface area (Å²) in [6.45, 7) is 1.72. The molecule has 3 nitrogen and oxygen atoms in total. The number of hydrogen-bond acceptors (Lipinski definition) is 4. The van der Waals surface area contributed by atoms with Crippen molar-refractivity contribution in [3.8, 4) is 0 Å². The molecule has 0 saturated heterocycles. The van der Waals surface area contributed by atoms with Crippen molar-refractivity contribution < 1.29 is 4.74 Å². The second-order valence-electron chi connectivity index (χ2n) is 6.45. The van der Waals surface area contributed by atoms with Gasteiger partial charge in [0.15, 0.2) is 0 Å². The van der Waals surface area contributed by atoms with Crippen molar-refractivity contribution >= 4 is 11.3 Å². The first-order valence-corrected chi connectivity index (χ1v) is 9.41. The zero-order valence-electron chi connectivity index (χ0n) is 13.2. The molecule has 1 unspecified atom stereocenters. The molecule has 2 aliphatic rings. The van der Waals surface area contributed by atoms with Gasteiger partial charge in [-0.2, -0.15) is 0 Å². The van der Waals surface area contributed by atoms with Gasteiger partial charge in [0.2, 0.25) is 0 Å². The molecule has 2 aliphatic carbocycles. The third-order valence-corrected chi connectivity index (χ3v) is 6.16. The highest BCUT2D eigenvalue weighted by Gasteiger charge is 2.28. The summed E-state index contributed by atoms with van der Waals surface area (Å²) in [6.07, 6.45) is 12.1. The smallest absolute Gasteiger partial charge is 0.110 e. The number of nitrogens with zero attached hydrogens (tertiary/aromatic N) is 1. The minimum absolute atomic E-state index is 0.453. The van der Waals surface area contributed by atoms with Crippen LogP contribution in [-0.2, 0) is 17.6 Å². The zero-order valence-corrected chi connectivity index (χ0v) is 14.0. The van der Waals surface area contributed by atoms with Crippen LogP contribution in [0, 0.1) is 5.92 Å². The third kappa shape index (κ3) is 3.85. The average molecular weight is 308 g/mol. The molecule has 0 spiro atoms. The number of nitrogens with one attached hydrogen (secondary N) is 1. The molecular formula is C17H28N2OS. The number of fused-ring (bicyclic) bond motifs is 1. The number of aromatic nitrogens is 1. The van der Waals surface area contributed by atoms with Crippen LogP contribution in [-0.4, -0.2) is 25.2 Å². The Balaban J connectivity index is 1.73. The number of ether oxygens (including phenoxy) is 1. The van der Waals surface area contributed by atoms with Gasteiger partial charge in [0.05, 0.1) is 18.3 Å². The van der Waals surface area contributed by atoms with E-state index in [1.807, 2.05) is 11.3 Å². The molecule has 0 bridgehead atoms. The van der Waals surface area contributed by atoms with E-state index in [-0.39, 0.29) is 0 Å². The molecule has 1 aromatic rings. The molecule has 3 rings (SSSR count). The van der Waals surface area contributed by atoms with Crippen molar-refractivity contribution in [2.24, 2.45) is 5.92 Å². The van der Waals surface area contributed by atoms with E-state index in [4.69, 9.17) is 9.72 Å². The van der Waals surface area contributed by atoms with Crippen LogP contribution in [0.15, 0.2) is 0 Å². The highest BCUT2D eigenvalue weighted by molar-refractivity contribution is 7.11. The van der Waals surface area contributed by atoms with Crippen LogP contribution < -0.4 is 5.32 Å². The van der Waals surface area contributed by atoms with E-state index in [2.05, 4.69) is 5.32 Å². The molecule has 1 aromatic heterocycles. The quantitative estimate of drug-likeness (QED) is 0.640. The van der Waals surface area contributed by atoms with Crippen LogP contribution in [0.4, 0.5) is 0 Å². The Bertz CT molecular complexity index is 416. The molecule has 0 amide bonds. The van der Waals surface area contributed by atoms with Gasteiger partial charge in [-0.3, -0.25) is 0 Å². The maximum absolute atomic E-state index is 5.22. The summed E-state index contributed by atoms with van der Waals surface area (Å²) >= 11 is 1.97. The monoisotopic (exact) mass is 308 g/mol. The molecule has 118 valence electrons. The van der Waals surface area contributed by atoms with Crippen molar-refractivity contribution in [2.75, 3.05) is 20.3 Å². The van der Waals surface area contributed by atoms with E-state index in [1.165, 1.54) is 68.5 Å². The zero-order chi connectivity index (χ0) is 14.5. The van der Waals surface area contributed by atoms with Crippen molar-refractivity contribution in [1.82, 2.24) is 10.3 Å². The Morgan fingerprint density at radius 3 is 2.71 bits per heavy atom. The molecule has 4 heteroatoms. The van der Waals surface area contributed by atoms with Crippen molar-refractivity contribution in [3.05, 3.63) is 15.6 Å². The minimum Gasteiger partial charge on any atom is -0.383 e. The second kappa shape index (κ2) is 7.70. The Morgan fingerprint density at radius 1 is 1.19 bits per heavy atom. The van der Waals surface area contributed by atoms with Gasteiger partial charge in [-0.05, 0) is 38.0 Å². The van der Waals surface area contributed by atoms with Gasteiger partial charge >= 0.3 is 0 Å². The predicted octanol–water partition coefficient (Wildman–Crippen LogP) is 3.88. The number of thiazole rings is 1. The summed E-state index contributed by atoms with van der Waals surface area (Å²) in [7, 11) is 1.78. The number of methoxy groups -OCH3 is 1. The van der Waals surface area contributed by atoms with E-state index >= 15 is 0 Å². The predicted molar refractivity (Wildman–Crippen MR) is 88.0 cm³/mol. The molecule has 0 aliphatic heterocycles. The lowest BCUT2D eigenvalue weighted by molar-refractivity contribution is 0.188. The van der Waals surface area contributed by atoms with Gasteiger partial charge in [0, 0.05) is 18.5 Å². The number of rotatable bonds is 6. The van der Waals surface area contributed by atoms with Gasteiger partial charge in [-0.1, -0.05) is 25.7 Å². The lowest BCUT2D eigenvalue weighted by Crippen LogP contribution is -2.31. The van der Waals surface area contributed by atoms with Gasteiger partial charge < -0.3 is 10.1 Å². The summed E-state index contributed by atoms with van der Waals surface area (Å²) in [4.78, 5) is 6.54. The first kappa shape index (κ1) is 15.4. The number of hydrogen-bond donors (Lipinski definition) is 1. The fourth-order valence-corrected chi connectivity index (χ4v) is 5.08. The third-order valence-electron chi connectivity index (χ3n) is 4.92. The largest absolute Gasteiger partial charge is 0.383 e. The van der Waals surface area contributed by atoms with E-state index in [0.717, 1.165) is 19.1 Å². The fraction of sp³-hybridized carbons (Fsp3) is 0.824. The van der Waals surface area contributed by atoms with Gasteiger partial charge in [-0.25, -0.2) is 4.98 Å². The first-order chi connectivity index (χ1) is 10.4. The van der Waals surface area contributed by atoms with Crippen LogP contribution in [0.5, 0.6) is 0 Å². The minimum atomic E-state index is 0.453. The van der Waals surface area contributed by atoms with E-state index < -0.39 is 0 Å². The standard InChI is InChI=1S/C17H28N2OS/c1-20-12-11-18-16(13-7-4-2-3-5-8-13)17-19-14-9-6-10-15(14)21-17/h13,16,18H,2-12H2,1H3. The molecule has 1 fully saturated rings. The first-order valence-electron chi connectivity index (χ1n) is 8.59. The van der Waals surface area contributed by atoms with Crippen LogP contribution in [0.2, 0.25) is 0 Å². The van der Waals surface area contributed by atoms with E-state index in [9.17, 15) is 0 Å². The summed E-state index contributed by atoms with van der Waals surface area (Å²) in [5, 5.41) is 5.10. The maximum Gasteiger partial charge on any atom is 0.110 e. The average Bonchev–Trinajstić information content (AvgIpc) is 2.96. The highest BCUT2D eigenvalue weighted by atomic mass is 32.1. The molecule has 0 radical (unpaired) electrons. The SMILES string of the molecule is COCCNC(c1nc2c(s1)CCC2)C1CCCCCC1. The van der Waals surface area contributed by atoms with Gasteiger partial charge in [0.1, 0.15) is 5.01 Å². The second-order valence-corrected chi connectivity index (χ2v) is 7.57. The molecule has 1 heterocycles. The van der Waals surface area contributed by atoms with E-state index in [1.54, 1.807) is 12.0 Å². The molecular weight excluding hydrogens is 280 g/mol. The Morgan fingerprint density at radius 2 is 2.00 bits per heavy atom. The van der Waals surface area contributed by atoms with Crippen LogP contribution >= 0.6 is 11.3 Å². The van der Waals surface area contributed by atoms with E-state index in [0.29, 0.717) is 6.04 Å². The summed E-state index contributed by atoms with van der Waals surface area (Å²) in [5.74, 6) is 0.760. The fourth-order valence-electron chi connectivity index (χ4n) is 3.76. The van der Waals surface area contributed by atoms with Crippen molar-refractivity contribution in [3.63, 3.8) is 0 Å². The summed E-state index contributed by atoms with van der Waals surface area (Å²) in [5.41, 5.74) is 1.39. The Hall–Kier alpha value is -0.450. The van der Waals surface area contributed by atoms with Crippen LogP contribution in [0.1, 0.15) is 66.6 Å². The molecule has 1 atom stereocenters. The molecule has 1 saturated carbocycles. The van der Waals surface area contributed by atoms with Crippen LogP contribution in [0.25, 0.3) is 0 Å². The van der Waals surface area contributed by atoms with Gasteiger partial charge in [-0.15, -0.1) is 11.3 Å². The normalized spacial score (nSPS) is 21.2. The maximum atomic E-state index is 5.22. The Labute approximate surface area is 132 Å². The summed E-state index contributed by atoms with van der Waals surface area (Å²) < 4.78 is 5.22. The topological polar surface area (TPSA) is 34.1 Å². The van der Waals surface area contributed by atoms with Crippen molar-refractivity contribution in [2.45, 2.75) is 63.8 Å². The molecule has 0 aromatic carbocycles. The van der Waals surface area contributed by atoms with Gasteiger partial charge in [0.25, 0.3) is 0 Å². The Kier molecular flexibility index (Phi) is 5.67. The molecule has 21 heavy (non-hydrogen) atoms. The summed E-state index contributed by atoms with van der Waals surface area (Å²) in [6, 6.07) is 0.453. The highest BCUT2D eigenvalue weighted by Crippen LogP contribution is 2.38. The molecule has 1 N–H and O–H groups in total. The lowest BCUT2D eigenvalue weighted by atomic mass is 9.92.